The fourth-order valence-corrected chi connectivity index (χ4v) is 2.82. The molecule has 0 aliphatic rings. The van der Waals surface area contributed by atoms with Gasteiger partial charge in [-0.05, 0) is 30.7 Å². The van der Waals surface area contributed by atoms with E-state index in [1.165, 1.54) is 0 Å². The van der Waals surface area contributed by atoms with E-state index in [9.17, 15) is 9.59 Å². The fraction of sp³-hybridized carbons (Fsp3) is 0.231. The molecule has 2 atom stereocenters. The molecule has 3 N–H and O–H groups in total. The van der Waals surface area contributed by atoms with Crippen molar-refractivity contribution >= 4 is 11.8 Å². The molecule has 0 aromatic heterocycles. The Balaban J connectivity index is 0.000000245. The Labute approximate surface area is 192 Å². The smallest absolute Gasteiger partial charge is 0.310 e. The third-order valence-electron chi connectivity index (χ3n) is 4.77. The van der Waals surface area contributed by atoms with Crippen LogP contribution in [0.1, 0.15) is 34.3 Å². The number of carboxylic acid groups (broad SMARTS) is 1. The molecular formula is C26H28O7. The van der Waals surface area contributed by atoms with E-state index >= 15 is 0 Å². The van der Waals surface area contributed by atoms with Crippen molar-refractivity contribution in [1.82, 2.24) is 0 Å². The van der Waals surface area contributed by atoms with Gasteiger partial charge in [0, 0.05) is 11.1 Å². The maximum absolute atomic E-state index is 12.2. The van der Waals surface area contributed by atoms with Gasteiger partial charge in [-0.2, -0.15) is 0 Å². The van der Waals surface area contributed by atoms with Gasteiger partial charge >= 0.3 is 5.97 Å². The lowest BCUT2D eigenvalue weighted by atomic mass is 9.96. The lowest BCUT2D eigenvalue weighted by Crippen LogP contribution is -2.21. The van der Waals surface area contributed by atoms with E-state index in [0.717, 1.165) is 0 Å². The molecule has 0 aliphatic carbocycles. The predicted octanol–water partition coefficient (Wildman–Crippen LogP) is 3.53. The summed E-state index contributed by atoms with van der Waals surface area (Å²) in [6.45, 7) is 1.35. The van der Waals surface area contributed by atoms with Crippen LogP contribution in [0, 0.1) is 0 Å². The van der Waals surface area contributed by atoms with Gasteiger partial charge in [0.05, 0.1) is 19.6 Å². The lowest BCUT2D eigenvalue weighted by molar-refractivity contribution is -0.138. The highest BCUT2D eigenvalue weighted by atomic mass is 16.5. The van der Waals surface area contributed by atoms with Crippen LogP contribution in [-0.2, 0) is 4.79 Å². The standard InChI is InChI=1S/C16H14O3.C10H14O4/c1-11(16(18)19)13-8-5-9-14(10-13)15(17)12-6-3-2-4-7-12;1-13-9-4-2-3-5-10(9)14-7-8(12)6-11/h2-11H,1H3,(H,18,19);2-5,8,11-12H,6-7H2,1H3. The van der Waals surface area contributed by atoms with Crippen LogP contribution in [0.3, 0.4) is 0 Å². The molecule has 0 fully saturated rings. The Bertz CT molecular complexity index is 1030. The van der Waals surface area contributed by atoms with E-state index in [-0.39, 0.29) is 19.0 Å². The van der Waals surface area contributed by atoms with Crippen molar-refractivity contribution in [2.24, 2.45) is 0 Å². The van der Waals surface area contributed by atoms with E-state index in [2.05, 4.69) is 0 Å². The number of ether oxygens (including phenoxy) is 2. The van der Waals surface area contributed by atoms with Crippen molar-refractivity contribution in [3.8, 4) is 11.5 Å². The molecule has 0 spiro atoms. The summed E-state index contributed by atoms with van der Waals surface area (Å²) in [4.78, 5) is 23.2. The first-order valence-corrected chi connectivity index (χ1v) is 10.3. The van der Waals surface area contributed by atoms with Gasteiger partial charge in [0.25, 0.3) is 0 Å². The summed E-state index contributed by atoms with van der Waals surface area (Å²) in [5.74, 6) is -0.451. The molecule has 3 aromatic carbocycles. The van der Waals surface area contributed by atoms with Gasteiger partial charge < -0.3 is 24.8 Å². The topological polar surface area (TPSA) is 113 Å². The van der Waals surface area contributed by atoms with E-state index < -0.39 is 18.0 Å². The number of aliphatic hydroxyl groups is 2. The molecular weight excluding hydrogens is 424 g/mol. The molecule has 33 heavy (non-hydrogen) atoms. The first kappa shape index (κ1) is 25.6. The molecule has 3 rings (SSSR count). The van der Waals surface area contributed by atoms with E-state index in [4.69, 9.17) is 24.8 Å². The zero-order valence-electron chi connectivity index (χ0n) is 18.5. The monoisotopic (exact) mass is 452 g/mol. The zero-order valence-corrected chi connectivity index (χ0v) is 18.5. The molecule has 0 heterocycles. The average molecular weight is 453 g/mol. The zero-order chi connectivity index (χ0) is 24.2. The van der Waals surface area contributed by atoms with E-state index in [0.29, 0.717) is 28.2 Å². The molecule has 0 aliphatic heterocycles. The fourth-order valence-electron chi connectivity index (χ4n) is 2.82. The third-order valence-corrected chi connectivity index (χ3v) is 4.77. The van der Waals surface area contributed by atoms with Gasteiger partial charge in [-0.25, -0.2) is 0 Å². The molecule has 7 nitrogen and oxygen atoms in total. The Kier molecular flexibility index (Phi) is 10.1. The Hall–Kier alpha value is -3.68. The largest absolute Gasteiger partial charge is 0.493 e. The Morgan fingerprint density at radius 2 is 1.48 bits per heavy atom. The van der Waals surface area contributed by atoms with E-state index in [1.807, 2.05) is 18.2 Å². The summed E-state index contributed by atoms with van der Waals surface area (Å²) in [6, 6.07) is 22.9. The number of carbonyl (C=O) groups is 2. The number of aliphatic carboxylic acids is 1. The molecule has 7 heteroatoms. The van der Waals surface area contributed by atoms with Crippen LogP contribution in [0.2, 0.25) is 0 Å². The summed E-state index contributed by atoms with van der Waals surface area (Å²) < 4.78 is 10.3. The summed E-state index contributed by atoms with van der Waals surface area (Å²) in [5.41, 5.74) is 1.74. The van der Waals surface area contributed by atoms with Crippen LogP contribution in [-0.4, -0.2) is 53.5 Å². The minimum atomic E-state index is -0.899. The summed E-state index contributed by atoms with van der Waals surface area (Å²) in [7, 11) is 1.55. The molecule has 0 saturated carbocycles. The number of aliphatic hydroxyl groups excluding tert-OH is 2. The number of methoxy groups -OCH3 is 1. The van der Waals surface area contributed by atoms with Crippen LogP contribution in [0.5, 0.6) is 11.5 Å². The number of rotatable bonds is 9. The number of hydrogen-bond donors (Lipinski definition) is 3. The average Bonchev–Trinajstić information content (AvgIpc) is 2.87. The van der Waals surface area contributed by atoms with Gasteiger partial charge in [-0.1, -0.05) is 60.7 Å². The SMILES string of the molecule is CC(C(=O)O)c1cccc(C(=O)c2ccccc2)c1.COc1ccccc1OCC(O)CO. The van der Waals surface area contributed by atoms with E-state index in [1.54, 1.807) is 74.7 Å². The van der Waals surface area contributed by atoms with Gasteiger partial charge in [0.15, 0.2) is 17.3 Å². The van der Waals surface area contributed by atoms with Crippen molar-refractivity contribution in [2.45, 2.75) is 18.9 Å². The number of carboxylic acids is 1. The van der Waals surface area contributed by atoms with Crippen LogP contribution >= 0.6 is 0 Å². The molecule has 0 radical (unpaired) electrons. The van der Waals surface area contributed by atoms with Crippen LogP contribution < -0.4 is 9.47 Å². The Morgan fingerprint density at radius 3 is 2.09 bits per heavy atom. The molecule has 0 amide bonds. The van der Waals surface area contributed by atoms with Crippen molar-refractivity contribution in [3.63, 3.8) is 0 Å². The van der Waals surface area contributed by atoms with Crippen molar-refractivity contribution in [3.05, 3.63) is 95.6 Å². The highest BCUT2D eigenvalue weighted by molar-refractivity contribution is 6.09. The van der Waals surface area contributed by atoms with Gasteiger partial charge in [0.1, 0.15) is 12.7 Å². The van der Waals surface area contributed by atoms with Crippen molar-refractivity contribution in [2.75, 3.05) is 20.3 Å². The van der Waals surface area contributed by atoms with Crippen LogP contribution in [0.15, 0.2) is 78.9 Å². The van der Waals surface area contributed by atoms with Crippen molar-refractivity contribution in [1.29, 1.82) is 0 Å². The highest BCUT2D eigenvalue weighted by Gasteiger charge is 2.16. The summed E-state index contributed by atoms with van der Waals surface area (Å²) in [6.07, 6.45) is -0.861. The van der Waals surface area contributed by atoms with Gasteiger partial charge in [-0.15, -0.1) is 0 Å². The van der Waals surface area contributed by atoms with Crippen LogP contribution in [0.4, 0.5) is 0 Å². The minimum absolute atomic E-state index is 0.0525. The normalized spacial score (nSPS) is 12.0. The second-order valence-corrected chi connectivity index (χ2v) is 7.18. The number of para-hydroxylation sites is 2. The lowest BCUT2D eigenvalue weighted by Gasteiger charge is -2.12. The second kappa shape index (κ2) is 13.0. The molecule has 174 valence electrons. The molecule has 0 saturated heterocycles. The number of benzene rings is 3. The third kappa shape index (κ3) is 7.75. The maximum atomic E-state index is 12.2. The van der Waals surface area contributed by atoms with Gasteiger partial charge in [0.2, 0.25) is 0 Å². The molecule has 0 bridgehead atoms. The van der Waals surface area contributed by atoms with Gasteiger partial charge in [-0.3, -0.25) is 9.59 Å². The predicted molar refractivity (Wildman–Crippen MR) is 124 cm³/mol. The number of ketones is 1. The summed E-state index contributed by atoms with van der Waals surface area (Å²) >= 11 is 0. The first-order valence-electron chi connectivity index (χ1n) is 10.3. The minimum Gasteiger partial charge on any atom is -0.493 e. The number of carbonyl (C=O) groups excluding carboxylic acids is 1. The van der Waals surface area contributed by atoms with Crippen LogP contribution in [0.25, 0.3) is 0 Å². The molecule has 3 aromatic rings. The van der Waals surface area contributed by atoms with Crippen molar-refractivity contribution < 1.29 is 34.4 Å². The highest BCUT2D eigenvalue weighted by Crippen LogP contribution is 2.25. The first-order chi connectivity index (χ1) is 15.9. The summed E-state index contributed by atoms with van der Waals surface area (Å²) in [5, 5.41) is 26.6. The Morgan fingerprint density at radius 1 is 0.879 bits per heavy atom. The second-order valence-electron chi connectivity index (χ2n) is 7.18. The quantitative estimate of drug-likeness (QED) is 0.426. The molecule has 2 unspecified atom stereocenters. The number of hydrogen-bond acceptors (Lipinski definition) is 6. The maximum Gasteiger partial charge on any atom is 0.310 e.